The quantitative estimate of drug-likeness (QED) is 0.811. The lowest BCUT2D eigenvalue weighted by Crippen LogP contribution is -2.71. The van der Waals surface area contributed by atoms with Crippen molar-refractivity contribution < 1.29 is 9.90 Å². The Kier molecular flexibility index (Phi) is 2.93. The molecule has 0 aromatic carbocycles. The van der Waals surface area contributed by atoms with Crippen LogP contribution in [0.5, 0.6) is 0 Å². The van der Waals surface area contributed by atoms with Crippen molar-refractivity contribution in [3.05, 3.63) is 0 Å². The van der Waals surface area contributed by atoms with Crippen molar-refractivity contribution in [1.82, 2.24) is 10.2 Å². The third kappa shape index (κ3) is 2.00. The highest BCUT2D eigenvalue weighted by molar-refractivity contribution is 5.75. The second kappa shape index (κ2) is 4.46. The summed E-state index contributed by atoms with van der Waals surface area (Å²) in [6.45, 7) is 2.20. The molecule has 5 heteroatoms. The van der Waals surface area contributed by atoms with E-state index in [9.17, 15) is 15.2 Å². The van der Waals surface area contributed by atoms with Crippen molar-refractivity contribution in [2.45, 2.75) is 75.1 Å². The minimum atomic E-state index is -0.867. The highest BCUT2D eigenvalue weighted by Gasteiger charge is 2.60. The molecule has 4 aliphatic carbocycles. The lowest BCUT2D eigenvalue weighted by molar-refractivity contribution is -0.154. The second-order valence-electron chi connectivity index (χ2n) is 8.34. The van der Waals surface area contributed by atoms with Crippen molar-refractivity contribution in [3.8, 4) is 6.07 Å². The Morgan fingerprint density at radius 2 is 2.00 bits per heavy atom. The van der Waals surface area contributed by atoms with E-state index in [0.29, 0.717) is 24.8 Å². The van der Waals surface area contributed by atoms with E-state index in [-0.39, 0.29) is 11.4 Å². The summed E-state index contributed by atoms with van der Waals surface area (Å²) in [5.41, 5.74) is -1.58. The maximum Gasteiger partial charge on any atom is 0.221 e. The van der Waals surface area contributed by atoms with E-state index in [1.54, 1.807) is 11.8 Å². The van der Waals surface area contributed by atoms with Crippen molar-refractivity contribution in [3.63, 3.8) is 0 Å². The number of rotatable bonds is 2. The van der Waals surface area contributed by atoms with E-state index < -0.39 is 11.3 Å². The van der Waals surface area contributed by atoms with Gasteiger partial charge in [0.15, 0.2) is 5.66 Å². The SMILES string of the molecule is CC(=O)N1CCCC1(C#N)NC12CC3CC(CC(O)(C3)C1)C2. The van der Waals surface area contributed by atoms with Gasteiger partial charge in [-0.3, -0.25) is 10.1 Å². The fourth-order valence-electron chi connectivity index (χ4n) is 6.32. The Morgan fingerprint density at radius 3 is 2.55 bits per heavy atom. The van der Waals surface area contributed by atoms with Crippen molar-refractivity contribution in [2.75, 3.05) is 6.54 Å². The maximum atomic E-state index is 12.0. The Labute approximate surface area is 131 Å². The molecule has 0 radical (unpaired) electrons. The molecule has 1 aliphatic heterocycles. The van der Waals surface area contributed by atoms with E-state index in [1.165, 1.54) is 6.42 Å². The van der Waals surface area contributed by atoms with Crippen LogP contribution in [0.2, 0.25) is 0 Å². The normalized spacial score (nSPS) is 49.4. The van der Waals surface area contributed by atoms with Gasteiger partial charge < -0.3 is 10.0 Å². The zero-order valence-electron chi connectivity index (χ0n) is 13.3. The smallest absolute Gasteiger partial charge is 0.221 e. The van der Waals surface area contributed by atoms with Gasteiger partial charge in [-0.2, -0.15) is 5.26 Å². The minimum Gasteiger partial charge on any atom is -0.390 e. The molecule has 0 aromatic heterocycles. The van der Waals surface area contributed by atoms with Crippen LogP contribution in [-0.4, -0.2) is 39.3 Å². The number of carbonyl (C=O) groups is 1. The molecule has 1 saturated heterocycles. The predicted octanol–water partition coefficient (Wildman–Crippen LogP) is 1.52. The third-order valence-electron chi connectivity index (χ3n) is 6.45. The van der Waals surface area contributed by atoms with Crippen LogP contribution in [0.3, 0.4) is 0 Å². The molecule has 1 amide bonds. The maximum absolute atomic E-state index is 12.0. The van der Waals surface area contributed by atoms with Crippen LogP contribution in [0.15, 0.2) is 0 Å². The Balaban J connectivity index is 1.65. The summed E-state index contributed by atoms with van der Waals surface area (Å²) in [5, 5.41) is 24.3. The minimum absolute atomic E-state index is 0.0324. The van der Waals surface area contributed by atoms with Gasteiger partial charge in [0.05, 0.1) is 5.60 Å². The fraction of sp³-hybridized carbons (Fsp3) is 0.882. The molecular formula is C17H25N3O2. The van der Waals surface area contributed by atoms with Crippen molar-refractivity contribution in [2.24, 2.45) is 11.8 Å². The van der Waals surface area contributed by atoms with Crippen molar-refractivity contribution in [1.29, 1.82) is 5.26 Å². The van der Waals surface area contributed by atoms with Crippen LogP contribution in [-0.2, 0) is 4.79 Å². The molecule has 3 atom stereocenters. The van der Waals surface area contributed by atoms with Crippen LogP contribution in [0.4, 0.5) is 0 Å². The van der Waals surface area contributed by atoms with Gasteiger partial charge in [0, 0.05) is 19.0 Å². The van der Waals surface area contributed by atoms with Crippen LogP contribution in [0.25, 0.3) is 0 Å². The summed E-state index contributed by atoms with van der Waals surface area (Å²) in [5.74, 6) is 1.11. The zero-order chi connectivity index (χ0) is 15.6. The molecule has 0 aromatic rings. The van der Waals surface area contributed by atoms with Gasteiger partial charge >= 0.3 is 0 Å². The first-order chi connectivity index (χ1) is 10.4. The number of hydrogen-bond acceptors (Lipinski definition) is 4. The number of hydrogen-bond donors (Lipinski definition) is 2. The fourth-order valence-corrected chi connectivity index (χ4v) is 6.32. The van der Waals surface area contributed by atoms with Gasteiger partial charge in [0.2, 0.25) is 5.91 Å². The number of nitriles is 1. The van der Waals surface area contributed by atoms with Gasteiger partial charge in [0.25, 0.3) is 0 Å². The van der Waals surface area contributed by atoms with Crippen molar-refractivity contribution >= 4 is 5.91 Å². The lowest BCUT2D eigenvalue weighted by atomic mass is 9.51. The first-order valence-electron chi connectivity index (χ1n) is 8.59. The van der Waals surface area contributed by atoms with E-state index in [1.807, 2.05) is 0 Å². The summed E-state index contributed by atoms with van der Waals surface area (Å²) in [6, 6.07) is 2.41. The molecule has 4 saturated carbocycles. The molecule has 2 N–H and O–H groups in total. The number of nitrogens with one attached hydrogen (secondary N) is 1. The zero-order valence-corrected chi connectivity index (χ0v) is 13.3. The number of likely N-dealkylation sites (tertiary alicyclic amines) is 1. The van der Waals surface area contributed by atoms with E-state index in [0.717, 1.165) is 38.5 Å². The molecule has 5 fully saturated rings. The lowest BCUT2D eigenvalue weighted by Gasteiger charge is -2.62. The molecule has 22 heavy (non-hydrogen) atoms. The monoisotopic (exact) mass is 303 g/mol. The first kappa shape index (κ1) is 14.5. The topological polar surface area (TPSA) is 76.4 Å². The van der Waals surface area contributed by atoms with Crippen LogP contribution >= 0.6 is 0 Å². The Bertz CT molecular complexity index is 541. The van der Waals surface area contributed by atoms with Gasteiger partial charge in [-0.1, -0.05) is 0 Å². The van der Waals surface area contributed by atoms with E-state index >= 15 is 0 Å². The summed E-state index contributed by atoms with van der Waals surface area (Å²) in [7, 11) is 0. The number of aliphatic hydroxyl groups is 1. The summed E-state index contributed by atoms with van der Waals surface area (Å²) < 4.78 is 0. The van der Waals surface area contributed by atoms with Gasteiger partial charge in [0.1, 0.15) is 6.07 Å². The average molecular weight is 303 g/mol. The number of amides is 1. The number of carbonyl (C=O) groups excluding carboxylic acids is 1. The molecule has 3 unspecified atom stereocenters. The van der Waals surface area contributed by atoms with E-state index in [2.05, 4.69) is 11.4 Å². The van der Waals surface area contributed by atoms with Crippen LogP contribution in [0, 0.1) is 23.2 Å². The molecule has 5 rings (SSSR count). The van der Waals surface area contributed by atoms with Crippen LogP contribution in [0.1, 0.15) is 58.3 Å². The third-order valence-corrected chi connectivity index (χ3v) is 6.45. The predicted molar refractivity (Wildman–Crippen MR) is 80.5 cm³/mol. The summed E-state index contributed by atoms with van der Waals surface area (Å²) in [4.78, 5) is 13.7. The standard InChI is InChI=1S/C17H25N3O2/c1-12(21)20-4-2-3-17(20,11-18)19-15-6-13-5-14(7-15)9-16(22,8-13)10-15/h13-14,19,22H,2-10H2,1H3. The van der Waals surface area contributed by atoms with E-state index in [4.69, 9.17) is 0 Å². The van der Waals surface area contributed by atoms with Gasteiger partial charge in [-0.15, -0.1) is 0 Å². The highest BCUT2D eigenvalue weighted by atomic mass is 16.3. The summed E-state index contributed by atoms with van der Waals surface area (Å²) >= 11 is 0. The Morgan fingerprint density at radius 1 is 1.32 bits per heavy atom. The van der Waals surface area contributed by atoms with Gasteiger partial charge in [-0.25, -0.2) is 0 Å². The highest BCUT2D eigenvalue weighted by Crippen LogP contribution is 2.58. The largest absolute Gasteiger partial charge is 0.390 e. The number of nitrogens with zero attached hydrogens (tertiary/aromatic N) is 2. The van der Waals surface area contributed by atoms with Crippen LogP contribution < -0.4 is 5.32 Å². The molecule has 0 spiro atoms. The Hall–Kier alpha value is -1.12. The first-order valence-corrected chi connectivity index (χ1v) is 8.59. The molecule has 5 aliphatic rings. The molecule has 120 valence electrons. The molecule has 5 nitrogen and oxygen atoms in total. The molecule has 4 bridgehead atoms. The molecule has 1 heterocycles. The summed E-state index contributed by atoms with van der Waals surface area (Å²) in [6.07, 6.45) is 7.45. The van der Waals surface area contributed by atoms with Gasteiger partial charge in [-0.05, 0) is 63.2 Å². The second-order valence-corrected chi connectivity index (χ2v) is 8.34. The molecular weight excluding hydrogens is 278 g/mol. The average Bonchev–Trinajstić information content (AvgIpc) is 2.79.